The third-order valence-corrected chi connectivity index (χ3v) is 5.03. The molecule has 2 N–H and O–H groups in total. The summed E-state index contributed by atoms with van der Waals surface area (Å²) in [6.07, 6.45) is 2.00. The van der Waals surface area contributed by atoms with Gasteiger partial charge in [-0.25, -0.2) is 10.9 Å². The molecule has 7 heteroatoms. The predicted molar refractivity (Wildman–Crippen MR) is 90.2 cm³/mol. The molecule has 0 bridgehead atoms. The van der Waals surface area contributed by atoms with Crippen molar-refractivity contribution < 1.29 is 14.3 Å². The predicted octanol–water partition coefficient (Wildman–Crippen LogP) is 1.66. The van der Waals surface area contributed by atoms with Crippen LogP contribution < -0.4 is 10.9 Å². The molecule has 0 radical (unpaired) electrons. The summed E-state index contributed by atoms with van der Waals surface area (Å²) in [5.41, 5.74) is 7.33. The molecule has 2 fully saturated rings. The number of hydrogen-bond acceptors (Lipinski definition) is 5. The van der Waals surface area contributed by atoms with Crippen molar-refractivity contribution in [2.75, 3.05) is 20.2 Å². The Hall–Kier alpha value is -1.63. The van der Waals surface area contributed by atoms with E-state index in [2.05, 4.69) is 10.9 Å². The highest BCUT2D eigenvalue weighted by Crippen LogP contribution is 2.26. The van der Waals surface area contributed by atoms with Gasteiger partial charge < -0.3 is 9.64 Å². The zero-order valence-electron chi connectivity index (χ0n) is 13.6. The van der Waals surface area contributed by atoms with Crippen LogP contribution in [-0.4, -0.2) is 43.0 Å². The summed E-state index contributed by atoms with van der Waals surface area (Å²) >= 11 is 6.03. The van der Waals surface area contributed by atoms with Crippen molar-refractivity contribution in [2.45, 2.75) is 31.3 Å². The molecule has 2 unspecified atom stereocenters. The lowest BCUT2D eigenvalue weighted by Gasteiger charge is -2.32. The van der Waals surface area contributed by atoms with E-state index in [9.17, 15) is 9.59 Å². The minimum Gasteiger partial charge on any atom is -0.469 e. The number of nitrogens with one attached hydrogen (secondary N) is 2. The molecule has 2 atom stereocenters. The van der Waals surface area contributed by atoms with Crippen molar-refractivity contribution in [2.24, 2.45) is 5.92 Å². The van der Waals surface area contributed by atoms with Crippen LogP contribution in [0.2, 0.25) is 5.02 Å². The van der Waals surface area contributed by atoms with Crippen molar-refractivity contribution in [1.29, 1.82) is 0 Å². The van der Waals surface area contributed by atoms with E-state index in [0.29, 0.717) is 37.4 Å². The first-order valence-corrected chi connectivity index (χ1v) is 8.59. The van der Waals surface area contributed by atoms with E-state index < -0.39 is 0 Å². The van der Waals surface area contributed by atoms with Crippen LogP contribution >= 0.6 is 11.6 Å². The third-order valence-electron chi connectivity index (χ3n) is 4.79. The van der Waals surface area contributed by atoms with Crippen molar-refractivity contribution in [3.63, 3.8) is 0 Å². The number of nitrogens with zero attached hydrogens (tertiary/aromatic N) is 1. The molecule has 0 aromatic heterocycles. The fourth-order valence-electron chi connectivity index (χ4n) is 3.38. The van der Waals surface area contributed by atoms with Crippen LogP contribution in [0.25, 0.3) is 0 Å². The van der Waals surface area contributed by atoms with Gasteiger partial charge in [-0.1, -0.05) is 23.7 Å². The summed E-state index contributed by atoms with van der Waals surface area (Å²) < 4.78 is 4.78. The van der Waals surface area contributed by atoms with Crippen LogP contribution in [0.3, 0.4) is 0 Å². The van der Waals surface area contributed by atoms with Gasteiger partial charge in [-0.15, -0.1) is 0 Å². The van der Waals surface area contributed by atoms with Gasteiger partial charge in [0.15, 0.2) is 0 Å². The average Bonchev–Trinajstić information content (AvgIpc) is 3.10. The van der Waals surface area contributed by atoms with Crippen LogP contribution in [0, 0.1) is 5.92 Å². The number of carbonyl (C=O) groups is 2. The topological polar surface area (TPSA) is 70.7 Å². The van der Waals surface area contributed by atoms with Gasteiger partial charge in [-0.05, 0) is 37.0 Å². The number of amides is 1. The Kier molecular flexibility index (Phi) is 5.38. The molecule has 130 valence electrons. The van der Waals surface area contributed by atoms with E-state index in [1.54, 1.807) is 0 Å². The highest BCUT2D eigenvalue weighted by molar-refractivity contribution is 6.30. The number of benzene rings is 1. The minimum absolute atomic E-state index is 0.0604. The molecule has 0 saturated carbocycles. The van der Waals surface area contributed by atoms with Gasteiger partial charge >= 0.3 is 5.97 Å². The molecule has 1 amide bonds. The molecule has 2 aliphatic rings. The Balaban J connectivity index is 1.55. The Morgan fingerprint density at radius 3 is 2.67 bits per heavy atom. The molecule has 2 saturated heterocycles. The smallest absolute Gasteiger partial charge is 0.308 e. The summed E-state index contributed by atoms with van der Waals surface area (Å²) in [6.45, 7) is 1.19. The number of piperidine rings is 1. The normalized spacial score (nSPS) is 24.8. The molecule has 0 aliphatic carbocycles. The Bertz CT molecular complexity index is 617. The number of likely N-dealkylation sites (tertiary alicyclic amines) is 1. The highest BCUT2D eigenvalue weighted by Gasteiger charge is 2.35. The summed E-state index contributed by atoms with van der Waals surface area (Å²) in [4.78, 5) is 26.1. The fourth-order valence-corrected chi connectivity index (χ4v) is 3.58. The number of carbonyl (C=O) groups excluding carboxylic acids is 2. The third kappa shape index (κ3) is 3.71. The Labute approximate surface area is 146 Å². The van der Waals surface area contributed by atoms with Crippen LogP contribution in [-0.2, 0) is 14.3 Å². The van der Waals surface area contributed by atoms with Gasteiger partial charge in [0.1, 0.15) is 6.04 Å². The minimum atomic E-state index is -0.261. The quantitative estimate of drug-likeness (QED) is 0.810. The molecule has 1 aromatic carbocycles. The van der Waals surface area contributed by atoms with Crippen molar-refractivity contribution in [3.8, 4) is 0 Å². The van der Waals surface area contributed by atoms with Crippen LogP contribution in [0.1, 0.15) is 30.9 Å². The van der Waals surface area contributed by atoms with Crippen LogP contribution in [0.15, 0.2) is 24.3 Å². The van der Waals surface area contributed by atoms with E-state index in [1.807, 2.05) is 29.2 Å². The first-order chi connectivity index (χ1) is 11.6. The van der Waals surface area contributed by atoms with Gasteiger partial charge in [0.2, 0.25) is 5.91 Å². The summed E-state index contributed by atoms with van der Waals surface area (Å²) in [5.74, 6) is -0.188. The van der Waals surface area contributed by atoms with Crippen molar-refractivity contribution in [1.82, 2.24) is 15.8 Å². The summed E-state index contributed by atoms with van der Waals surface area (Å²) in [5, 5.41) is 0.689. The fraction of sp³-hybridized carbons (Fsp3) is 0.529. The SMILES string of the molecule is COC(=O)C1CCN(C(=O)C2CC(c3cccc(Cl)c3)NN2)CC1. The molecular weight excluding hydrogens is 330 g/mol. The molecule has 6 nitrogen and oxygen atoms in total. The molecule has 0 spiro atoms. The Morgan fingerprint density at radius 2 is 2.00 bits per heavy atom. The van der Waals surface area contributed by atoms with Crippen LogP contribution in [0.5, 0.6) is 0 Å². The van der Waals surface area contributed by atoms with E-state index in [0.717, 1.165) is 5.56 Å². The molecule has 24 heavy (non-hydrogen) atoms. The first kappa shape index (κ1) is 17.2. The molecule has 2 heterocycles. The summed E-state index contributed by atoms with van der Waals surface area (Å²) in [7, 11) is 1.41. The van der Waals surface area contributed by atoms with Gasteiger partial charge in [-0.3, -0.25) is 9.59 Å². The second kappa shape index (κ2) is 7.51. The van der Waals surface area contributed by atoms with Gasteiger partial charge in [-0.2, -0.15) is 0 Å². The lowest BCUT2D eigenvalue weighted by molar-refractivity contribution is -0.149. The van der Waals surface area contributed by atoms with Gasteiger partial charge in [0, 0.05) is 24.2 Å². The van der Waals surface area contributed by atoms with Crippen molar-refractivity contribution >= 4 is 23.5 Å². The van der Waals surface area contributed by atoms with Gasteiger partial charge in [0.05, 0.1) is 13.0 Å². The number of hydrogen-bond donors (Lipinski definition) is 2. The van der Waals surface area contributed by atoms with Gasteiger partial charge in [0.25, 0.3) is 0 Å². The van der Waals surface area contributed by atoms with E-state index in [-0.39, 0.29) is 29.9 Å². The zero-order chi connectivity index (χ0) is 17.1. The molecule has 1 aromatic rings. The zero-order valence-corrected chi connectivity index (χ0v) is 14.4. The number of methoxy groups -OCH3 is 1. The van der Waals surface area contributed by atoms with E-state index in [4.69, 9.17) is 16.3 Å². The number of hydrazine groups is 1. The van der Waals surface area contributed by atoms with Crippen molar-refractivity contribution in [3.05, 3.63) is 34.9 Å². The van der Waals surface area contributed by atoms with Crippen LogP contribution in [0.4, 0.5) is 0 Å². The molecule has 2 aliphatic heterocycles. The molecule has 3 rings (SSSR count). The first-order valence-electron chi connectivity index (χ1n) is 8.21. The number of rotatable bonds is 3. The maximum absolute atomic E-state index is 12.7. The standard InChI is InChI=1S/C17H22ClN3O3/c1-24-17(23)11-5-7-21(8-6-11)16(22)15-10-14(19-20-15)12-3-2-4-13(18)9-12/h2-4,9,11,14-15,19-20H,5-8,10H2,1H3. The monoisotopic (exact) mass is 351 g/mol. The second-order valence-electron chi connectivity index (χ2n) is 6.31. The van der Waals surface area contributed by atoms with E-state index in [1.165, 1.54) is 7.11 Å². The lowest BCUT2D eigenvalue weighted by Crippen LogP contribution is -2.49. The van der Waals surface area contributed by atoms with E-state index >= 15 is 0 Å². The Morgan fingerprint density at radius 1 is 1.25 bits per heavy atom. The number of ether oxygens (including phenoxy) is 1. The lowest BCUT2D eigenvalue weighted by atomic mass is 9.95. The maximum atomic E-state index is 12.7. The second-order valence-corrected chi connectivity index (χ2v) is 6.74. The number of esters is 1. The molecular formula is C17H22ClN3O3. The number of halogens is 1. The average molecular weight is 352 g/mol. The highest BCUT2D eigenvalue weighted by atomic mass is 35.5. The maximum Gasteiger partial charge on any atom is 0.308 e. The summed E-state index contributed by atoms with van der Waals surface area (Å²) in [6, 6.07) is 7.46. The largest absolute Gasteiger partial charge is 0.469 e.